The molecule has 3 N–H and O–H groups in total. The summed E-state index contributed by atoms with van der Waals surface area (Å²) in [5, 5.41) is 13.4. The van der Waals surface area contributed by atoms with Gasteiger partial charge in [0, 0.05) is 14.5 Å². The van der Waals surface area contributed by atoms with E-state index in [4.69, 9.17) is 10.3 Å². The summed E-state index contributed by atoms with van der Waals surface area (Å²) in [5.74, 6) is 0.841. The molecule has 5 nitrogen and oxygen atoms in total. The minimum absolute atomic E-state index is 0.142. The van der Waals surface area contributed by atoms with Crippen molar-refractivity contribution >= 4 is 37.5 Å². The first-order chi connectivity index (χ1) is 10.0. The Labute approximate surface area is 137 Å². The van der Waals surface area contributed by atoms with E-state index in [1.165, 1.54) is 0 Å². The Hall–Kier alpha value is -1.86. The molecule has 0 spiro atoms. The number of nitrogen functional groups attached to an aromatic ring is 1. The van der Waals surface area contributed by atoms with Crippen molar-refractivity contribution in [2.75, 3.05) is 5.73 Å². The summed E-state index contributed by atoms with van der Waals surface area (Å²) in [4.78, 5) is 4.32. The molecule has 0 aliphatic carbocycles. The van der Waals surface area contributed by atoms with Gasteiger partial charge in [-0.15, -0.1) is 0 Å². The standard InChI is InChI=1S/C14H9Br2N3O2/c15-8-5-10(12(17)11(16)6-8)14-18-13(19-21-14)7-2-1-3-9(20)4-7/h1-6,20H,17H2. The van der Waals surface area contributed by atoms with Crippen LogP contribution in [0.5, 0.6) is 5.75 Å². The molecule has 1 aromatic heterocycles. The number of phenolic OH excluding ortho intramolecular Hbond substituents is 1. The van der Waals surface area contributed by atoms with Gasteiger partial charge in [-0.3, -0.25) is 0 Å². The first kappa shape index (κ1) is 14.1. The Morgan fingerprint density at radius 2 is 1.95 bits per heavy atom. The van der Waals surface area contributed by atoms with Gasteiger partial charge in [0.25, 0.3) is 5.89 Å². The van der Waals surface area contributed by atoms with Gasteiger partial charge in [0.05, 0.1) is 11.3 Å². The summed E-state index contributed by atoms with van der Waals surface area (Å²) in [6.07, 6.45) is 0. The van der Waals surface area contributed by atoms with Gasteiger partial charge in [-0.05, 0) is 40.2 Å². The van der Waals surface area contributed by atoms with Crippen LogP contribution in [-0.4, -0.2) is 15.2 Å². The second-order valence-corrected chi connectivity index (χ2v) is 6.09. The second-order valence-electron chi connectivity index (χ2n) is 4.32. The number of nitrogens with two attached hydrogens (primary N) is 1. The first-order valence-corrected chi connectivity index (χ1v) is 7.51. The SMILES string of the molecule is Nc1c(Br)cc(Br)cc1-c1nc(-c2cccc(O)c2)no1. The molecule has 0 aliphatic rings. The van der Waals surface area contributed by atoms with Crippen LogP contribution >= 0.6 is 31.9 Å². The normalized spacial score (nSPS) is 10.8. The number of hydrogen-bond donors (Lipinski definition) is 2. The molecular formula is C14H9Br2N3O2. The number of aromatic nitrogens is 2. The van der Waals surface area contributed by atoms with Crippen LogP contribution in [0.3, 0.4) is 0 Å². The summed E-state index contributed by atoms with van der Waals surface area (Å²) in [5.41, 5.74) is 7.84. The van der Waals surface area contributed by atoms with E-state index in [0.717, 1.165) is 8.95 Å². The summed E-state index contributed by atoms with van der Waals surface area (Å²) >= 11 is 6.77. The Morgan fingerprint density at radius 1 is 1.14 bits per heavy atom. The Balaban J connectivity index is 2.07. The topological polar surface area (TPSA) is 85.2 Å². The van der Waals surface area contributed by atoms with Crippen molar-refractivity contribution in [3.8, 4) is 28.6 Å². The van der Waals surface area contributed by atoms with Crippen LogP contribution in [0, 0.1) is 0 Å². The van der Waals surface area contributed by atoms with E-state index in [0.29, 0.717) is 28.5 Å². The highest BCUT2D eigenvalue weighted by Crippen LogP contribution is 2.35. The quantitative estimate of drug-likeness (QED) is 0.618. The zero-order chi connectivity index (χ0) is 15.0. The molecule has 0 saturated heterocycles. The van der Waals surface area contributed by atoms with Crippen molar-refractivity contribution < 1.29 is 9.63 Å². The van der Waals surface area contributed by atoms with E-state index in [2.05, 4.69) is 42.0 Å². The lowest BCUT2D eigenvalue weighted by molar-refractivity contribution is 0.432. The highest BCUT2D eigenvalue weighted by atomic mass is 79.9. The van der Waals surface area contributed by atoms with Crippen LogP contribution < -0.4 is 5.73 Å². The van der Waals surface area contributed by atoms with Gasteiger partial charge in [0.15, 0.2) is 0 Å². The maximum Gasteiger partial charge on any atom is 0.260 e. The van der Waals surface area contributed by atoms with E-state index in [1.54, 1.807) is 30.3 Å². The number of hydrogen-bond acceptors (Lipinski definition) is 5. The van der Waals surface area contributed by atoms with Crippen molar-refractivity contribution in [3.05, 3.63) is 45.3 Å². The Bertz CT molecular complexity index is 818. The number of aromatic hydroxyl groups is 1. The second kappa shape index (κ2) is 5.50. The largest absolute Gasteiger partial charge is 0.508 e. The lowest BCUT2D eigenvalue weighted by Gasteiger charge is -2.04. The molecule has 2 aromatic carbocycles. The van der Waals surface area contributed by atoms with Gasteiger partial charge in [-0.2, -0.15) is 4.98 Å². The Kier molecular flexibility index (Phi) is 3.69. The highest BCUT2D eigenvalue weighted by molar-refractivity contribution is 9.11. The van der Waals surface area contributed by atoms with Gasteiger partial charge in [0.2, 0.25) is 5.82 Å². The zero-order valence-electron chi connectivity index (χ0n) is 10.5. The van der Waals surface area contributed by atoms with Crippen LogP contribution in [0.25, 0.3) is 22.8 Å². The highest BCUT2D eigenvalue weighted by Gasteiger charge is 2.15. The van der Waals surface area contributed by atoms with Crippen LogP contribution in [-0.2, 0) is 0 Å². The van der Waals surface area contributed by atoms with Gasteiger partial charge in [-0.1, -0.05) is 33.2 Å². The zero-order valence-corrected chi connectivity index (χ0v) is 13.7. The van der Waals surface area contributed by atoms with Gasteiger partial charge < -0.3 is 15.4 Å². The molecule has 3 aromatic rings. The van der Waals surface area contributed by atoms with E-state index in [9.17, 15) is 5.11 Å². The molecule has 21 heavy (non-hydrogen) atoms. The molecular weight excluding hydrogens is 402 g/mol. The van der Waals surface area contributed by atoms with E-state index >= 15 is 0 Å². The number of benzene rings is 2. The Morgan fingerprint density at radius 3 is 2.71 bits per heavy atom. The van der Waals surface area contributed by atoms with Crippen LogP contribution in [0.1, 0.15) is 0 Å². The van der Waals surface area contributed by atoms with E-state index in [-0.39, 0.29) is 5.75 Å². The predicted octanol–water partition coefficient (Wildman–Crippen LogP) is 4.22. The smallest absolute Gasteiger partial charge is 0.260 e. The first-order valence-electron chi connectivity index (χ1n) is 5.92. The summed E-state index contributed by atoms with van der Waals surface area (Å²) in [6, 6.07) is 10.3. The fraction of sp³-hybridized carbons (Fsp3) is 0. The molecule has 7 heteroatoms. The number of phenols is 1. The third kappa shape index (κ3) is 2.79. The molecule has 0 saturated carbocycles. The average Bonchev–Trinajstić information content (AvgIpc) is 2.92. The summed E-state index contributed by atoms with van der Waals surface area (Å²) < 4.78 is 6.85. The molecule has 106 valence electrons. The number of anilines is 1. The number of nitrogens with zero attached hydrogens (tertiary/aromatic N) is 2. The van der Waals surface area contributed by atoms with Crippen molar-refractivity contribution in [2.45, 2.75) is 0 Å². The van der Waals surface area contributed by atoms with E-state index in [1.807, 2.05) is 6.07 Å². The molecule has 0 aliphatic heterocycles. The van der Waals surface area contributed by atoms with Gasteiger partial charge in [0.1, 0.15) is 5.75 Å². The monoisotopic (exact) mass is 409 g/mol. The maximum atomic E-state index is 9.50. The third-order valence-electron chi connectivity index (χ3n) is 2.86. The molecule has 0 bridgehead atoms. The lowest BCUT2D eigenvalue weighted by atomic mass is 10.2. The number of halogens is 2. The average molecular weight is 411 g/mol. The maximum absolute atomic E-state index is 9.50. The van der Waals surface area contributed by atoms with Crippen LogP contribution in [0.4, 0.5) is 5.69 Å². The third-order valence-corrected chi connectivity index (χ3v) is 3.97. The van der Waals surface area contributed by atoms with Crippen LogP contribution in [0.2, 0.25) is 0 Å². The summed E-state index contributed by atoms with van der Waals surface area (Å²) in [6.45, 7) is 0. The van der Waals surface area contributed by atoms with Crippen LogP contribution in [0.15, 0.2) is 49.9 Å². The predicted molar refractivity (Wildman–Crippen MR) is 86.6 cm³/mol. The minimum Gasteiger partial charge on any atom is -0.508 e. The van der Waals surface area contributed by atoms with Crippen molar-refractivity contribution in [1.29, 1.82) is 0 Å². The van der Waals surface area contributed by atoms with E-state index < -0.39 is 0 Å². The molecule has 0 unspecified atom stereocenters. The summed E-state index contributed by atoms with van der Waals surface area (Å²) in [7, 11) is 0. The number of rotatable bonds is 2. The van der Waals surface area contributed by atoms with Crippen molar-refractivity contribution in [2.24, 2.45) is 0 Å². The van der Waals surface area contributed by atoms with Crippen molar-refractivity contribution in [3.63, 3.8) is 0 Å². The molecule has 1 heterocycles. The molecule has 0 amide bonds. The molecule has 0 radical (unpaired) electrons. The molecule has 0 fully saturated rings. The van der Waals surface area contributed by atoms with Gasteiger partial charge >= 0.3 is 0 Å². The fourth-order valence-corrected chi connectivity index (χ4v) is 3.08. The fourth-order valence-electron chi connectivity index (χ4n) is 1.86. The van der Waals surface area contributed by atoms with Crippen molar-refractivity contribution in [1.82, 2.24) is 10.1 Å². The molecule has 3 rings (SSSR count). The lowest BCUT2D eigenvalue weighted by Crippen LogP contribution is -1.92. The van der Waals surface area contributed by atoms with Gasteiger partial charge in [-0.25, -0.2) is 0 Å². The minimum atomic E-state index is 0.142. The molecule has 0 atom stereocenters.